The molecule has 0 saturated heterocycles. The number of carbonyl (C=O) groups is 2. The Morgan fingerprint density at radius 3 is 2.65 bits per heavy atom. The van der Waals surface area contributed by atoms with E-state index in [1.165, 1.54) is 5.56 Å². The molecule has 0 aliphatic carbocycles. The van der Waals surface area contributed by atoms with Crippen LogP contribution in [0.4, 0.5) is 5.69 Å². The third-order valence-electron chi connectivity index (χ3n) is 3.66. The molecule has 1 aliphatic rings. The van der Waals surface area contributed by atoms with Crippen LogP contribution in [0.3, 0.4) is 0 Å². The van der Waals surface area contributed by atoms with Crippen molar-refractivity contribution >= 4 is 17.6 Å². The second-order valence-corrected chi connectivity index (χ2v) is 5.38. The Hall–Kier alpha value is -2.82. The molecule has 5 heteroatoms. The van der Waals surface area contributed by atoms with Crippen molar-refractivity contribution in [1.82, 2.24) is 5.32 Å². The van der Waals surface area contributed by atoms with E-state index in [0.29, 0.717) is 12.3 Å². The van der Waals surface area contributed by atoms with E-state index < -0.39 is 0 Å². The Morgan fingerprint density at radius 2 is 1.83 bits per heavy atom. The molecule has 0 aromatic heterocycles. The molecule has 1 heterocycles. The van der Waals surface area contributed by atoms with Gasteiger partial charge in [-0.3, -0.25) is 4.79 Å². The number of para-hydroxylation sites is 2. The molecular formula is C18H18N2O3. The minimum Gasteiger partial charge on any atom is -0.423 e. The molecule has 0 saturated carbocycles. The fourth-order valence-corrected chi connectivity index (χ4v) is 2.56. The van der Waals surface area contributed by atoms with E-state index in [2.05, 4.69) is 5.32 Å². The summed E-state index contributed by atoms with van der Waals surface area (Å²) >= 11 is 0. The minimum atomic E-state index is -0.346. The quantitative estimate of drug-likeness (QED) is 0.675. The maximum absolute atomic E-state index is 12.1. The number of hydrogen-bond acceptors (Lipinski definition) is 4. The smallest absolute Gasteiger partial charge is 0.331 e. The van der Waals surface area contributed by atoms with Crippen molar-refractivity contribution in [2.45, 2.75) is 6.42 Å². The Morgan fingerprint density at radius 1 is 1.09 bits per heavy atom. The van der Waals surface area contributed by atoms with Crippen LogP contribution in [0, 0.1) is 0 Å². The number of rotatable bonds is 5. The lowest BCUT2D eigenvalue weighted by molar-refractivity contribution is -0.133. The fraction of sp³-hybridized carbons (Fsp3) is 0.222. The summed E-state index contributed by atoms with van der Waals surface area (Å²) in [6, 6.07) is 17.2. The molecule has 0 atom stereocenters. The molecule has 0 bridgehead atoms. The first kappa shape index (κ1) is 15.1. The molecule has 118 valence electrons. The van der Waals surface area contributed by atoms with E-state index in [9.17, 15) is 9.59 Å². The minimum absolute atomic E-state index is 0.0864. The highest BCUT2D eigenvalue weighted by molar-refractivity contribution is 5.89. The maximum atomic E-state index is 12.1. The number of fused-ring (bicyclic) bond motifs is 1. The standard InChI is InChI=1S/C18H18N2O3/c21-17(19-11-10-14-6-2-1-3-7-14)12-20-13-18(22)23-16-9-5-4-8-15(16)20/h1-9H,10-13H2,(H,19,21). The third kappa shape index (κ3) is 3.88. The number of benzene rings is 2. The van der Waals surface area contributed by atoms with Gasteiger partial charge in [0.05, 0.1) is 12.2 Å². The summed E-state index contributed by atoms with van der Waals surface area (Å²) in [7, 11) is 0. The molecule has 2 aromatic carbocycles. The van der Waals surface area contributed by atoms with Crippen LogP contribution < -0.4 is 15.0 Å². The lowest BCUT2D eigenvalue weighted by Gasteiger charge is -2.29. The van der Waals surface area contributed by atoms with Gasteiger partial charge < -0.3 is 15.0 Å². The molecule has 23 heavy (non-hydrogen) atoms. The third-order valence-corrected chi connectivity index (χ3v) is 3.66. The van der Waals surface area contributed by atoms with Crippen LogP contribution in [0.5, 0.6) is 5.75 Å². The number of anilines is 1. The normalized spacial score (nSPS) is 13.2. The first-order valence-electron chi connectivity index (χ1n) is 7.57. The number of hydrogen-bond donors (Lipinski definition) is 1. The topological polar surface area (TPSA) is 58.6 Å². The van der Waals surface area contributed by atoms with Crippen molar-refractivity contribution in [1.29, 1.82) is 0 Å². The monoisotopic (exact) mass is 310 g/mol. The Balaban J connectivity index is 1.55. The lowest BCUT2D eigenvalue weighted by atomic mass is 10.1. The number of carbonyl (C=O) groups excluding carboxylic acids is 2. The Kier molecular flexibility index (Phi) is 4.57. The molecule has 1 N–H and O–H groups in total. The van der Waals surface area contributed by atoms with Gasteiger partial charge in [-0.05, 0) is 24.1 Å². The molecule has 1 aliphatic heterocycles. The van der Waals surface area contributed by atoms with E-state index >= 15 is 0 Å². The Labute approximate surface area is 134 Å². The molecule has 0 radical (unpaired) electrons. The summed E-state index contributed by atoms with van der Waals surface area (Å²) in [6.07, 6.45) is 0.783. The SMILES string of the molecule is O=C(CN1CC(=O)Oc2ccccc21)NCCc1ccccc1. The Bertz CT molecular complexity index is 700. The van der Waals surface area contributed by atoms with E-state index in [1.54, 1.807) is 17.0 Å². The van der Waals surface area contributed by atoms with Gasteiger partial charge in [0.1, 0.15) is 6.54 Å². The van der Waals surface area contributed by atoms with Gasteiger partial charge in [-0.25, -0.2) is 4.79 Å². The molecule has 0 fully saturated rings. The summed E-state index contributed by atoms with van der Waals surface area (Å²) < 4.78 is 5.17. The van der Waals surface area contributed by atoms with E-state index in [4.69, 9.17) is 4.74 Å². The van der Waals surface area contributed by atoms with Crippen LogP contribution in [-0.4, -0.2) is 31.5 Å². The van der Waals surface area contributed by atoms with Crippen LogP contribution >= 0.6 is 0 Å². The van der Waals surface area contributed by atoms with E-state index in [0.717, 1.165) is 12.1 Å². The predicted octanol–water partition coefficient (Wildman–Crippen LogP) is 1.77. The highest BCUT2D eigenvalue weighted by Gasteiger charge is 2.24. The number of ether oxygens (including phenoxy) is 1. The zero-order chi connectivity index (χ0) is 16.1. The second-order valence-electron chi connectivity index (χ2n) is 5.38. The summed E-state index contributed by atoms with van der Waals surface area (Å²) in [6.45, 7) is 0.798. The molecular weight excluding hydrogens is 292 g/mol. The van der Waals surface area contributed by atoms with Crippen molar-refractivity contribution in [3.63, 3.8) is 0 Å². The summed E-state index contributed by atoms with van der Waals surface area (Å²) in [5, 5.41) is 2.89. The zero-order valence-corrected chi connectivity index (χ0v) is 12.7. The van der Waals surface area contributed by atoms with Gasteiger partial charge in [-0.15, -0.1) is 0 Å². The maximum Gasteiger partial charge on any atom is 0.331 e. The van der Waals surface area contributed by atoms with Crippen molar-refractivity contribution in [2.24, 2.45) is 0 Å². The summed E-state index contributed by atoms with van der Waals surface area (Å²) in [4.78, 5) is 25.5. The number of nitrogens with zero attached hydrogens (tertiary/aromatic N) is 1. The molecule has 5 nitrogen and oxygen atoms in total. The summed E-state index contributed by atoms with van der Waals surface area (Å²) in [5.74, 6) is 0.0482. The van der Waals surface area contributed by atoms with Crippen molar-refractivity contribution in [3.8, 4) is 5.75 Å². The largest absolute Gasteiger partial charge is 0.423 e. The van der Waals surface area contributed by atoms with Crippen molar-refractivity contribution in [2.75, 3.05) is 24.5 Å². The predicted molar refractivity (Wildman–Crippen MR) is 87.4 cm³/mol. The van der Waals surface area contributed by atoms with Gasteiger partial charge in [0.2, 0.25) is 5.91 Å². The van der Waals surface area contributed by atoms with Crippen LogP contribution in [0.15, 0.2) is 54.6 Å². The number of nitrogens with one attached hydrogen (secondary N) is 1. The molecule has 1 amide bonds. The van der Waals surface area contributed by atoms with Gasteiger partial charge in [0, 0.05) is 6.54 Å². The van der Waals surface area contributed by atoms with Gasteiger partial charge in [0.15, 0.2) is 5.75 Å². The average molecular weight is 310 g/mol. The van der Waals surface area contributed by atoms with Crippen LogP contribution in [-0.2, 0) is 16.0 Å². The van der Waals surface area contributed by atoms with Gasteiger partial charge in [-0.1, -0.05) is 42.5 Å². The van der Waals surface area contributed by atoms with Crippen molar-refractivity contribution in [3.05, 3.63) is 60.2 Å². The number of amides is 1. The average Bonchev–Trinajstić information content (AvgIpc) is 2.55. The molecule has 0 unspecified atom stereocenters. The van der Waals surface area contributed by atoms with Crippen molar-refractivity contribution < 1.29 is 14.3 Å². The highest BCUT2D eigenvalue weighted by atomic mass is 16.5. The van der Waals surface area contributed by atoms with Gasteiger partial charge in [0.25, 0.3) is 0 Å². The zero-order valence-electron chi connectivity index (χ0n) is 12.7. The van der Waals surface area contributed by atoms with Crippen LogP contribution in [0.2, 0.25) is 0 Å². The van der Waals surface area contributed by atoms with Crippen LogP contribution in [0.25, 0.3) is 0 Å². The molecule has 2 aromatic rings. The second kappa shape index (κ2) is 6.96. The van der Waals surface area contributed by atoms with E-state index in [1.807, 2.05) is 42.5 Å². The lowest BCUT2D eigenvalue weighted by Crippen LogP contribution is -2.43. The first-order valence-corrected chi connectivity index (χ1v) is 7.57. The van der Waals surface area contributed by atoms with Gasteiger partial charge >= 0.3 is 5.97 Å². The molecule has 0 spiro atoms. The first-order chi connectivity index (χ1) is 11.2. The molecule has 3 rings (SSSR count). The number of esters is 1. The fourth-order valence-electron chi connectivity index (χ4n) is 2.56. The summed E-state index contributed by atoms with van der Waals surface area (Å²) in [5.41, 5.74) is 1.95. The van der Waals surface area contributed by atoms with Gasteiger partial charge in [-0.2, -0.15) is 0 Å². The van der Waals surface area contributed by atoms with E-state index in [-0.39, 0.29) is 25.0 Å². The highest BCUT2D eigenvalue weighted by Crippen LogP contribution is 2.30. The van der Waals surface area contributed by atoms with Crippen LogP contribution in [0.1, 0.15) is 5.56 Å².